The fourth-order valence-corrected chi connectivity index (χ4v) is 9.21. The topological polar surface area (TPSA) is 9.72 Å². The lowest BCUT2D eigenvalue weighted by molar-refractivity contribution is 0.312. The van der Waals surface area contributed by atoms with Gasteiger partial charge < -0.3 is 0 Å². The molecule has 1 atom stereocenters. The molecule has 0 spiro atoms. The van der Waals surface area contributed by atoms with Crippen molar-refractivity contribution in [3.05, 3.63) is 0 Å². The van der Waals surface area contributed by atoms with Crippen molar-refractivity contribution in [1.29, 1.82) is 0 Å². The summed E-state index contributed by atoms with van der Waals surface area (Å²) in [7, 11) is 3.19. The van der Waals surface area contributed by atoms with Crippen molar-refractivity contribution >= 4 is 12.6 Å². The lowest BCUT2D eigenvalue weighted by Crippen LogP contribution is -2.46. The van der Waals surface area contributed by atoms with E-state index in [1.807, 2.05) is 0 Å². The van der Waals surface area contributed by atoms with Crippen LogP contribution in [0.1, 0.15) is 54.9 Å². The van der Waals surface area contributed by atoms with E-state index in [0.29, 0.717) is 11.3 Å². The highest BCUT2D eigenvalue weighted by Gasteiger charge is 2.40. The van der Waals surface area contributed by atoms with Gasteiger partial charge in [0.2, 0.25) is 0 Å². The van der Waals surface area contributed by atoms with E-state index in [1.54, 1.807) is 5.29 Å². The van der Waals surface area contributed by atoms with Gasteiger partial charge in [0.25, 0.3) is 0 Å². The van der Waals surface area contributed by atoms with Crippen LogP contribution in [0.2, 0.25) is 0 Å². The molecule has 1 aliphatic heterocycles. The summed E-state index contributed by atoms with van der Waals surface area (Å²) in [6, 6.07) is 0. The summed E-state index contributed by atoms with van der Waals surface area (Å²) < 4.78 is 8.10. The fourth-order valence-electron chi connectivity index (χ4n) is 3.77. The first-order valence-corrected chi connectivity index (χ1v) is 10.2. The highest BCUT2D eigenvalue weighted by molar-refractivity contribution is 7.69. The molecule has 3 nitrogen and oxygen atoms in total. The van der Waals surface area contributed by atoms with Gasteiger partial charge >= 0.3 is 0 Å². The molecule has 1 fully saturated rings. The van der Waals surface area contributed by atoms with Gasteiger partial charge in [-0.2, -0.15) is 0 Å². The minimum atomic E-state index is -1.51. The summed E-state index contributed by atoms with van der Waals surface area (Å²) in [5.41, 5.74) is 0.323. The summed E-state index contributed by atoms with van der Waals surface area (Å²) in [5, 5.41) is 1.70. The highest BCUT2D eigenvalue weighted by atomic mass is 31.2. The normalized spacial score (nSPS) is 22.6. The molecule has 0 amide bonds. The van der Waals surface area contributed by atoms with Gasteiger partial charge in [-0.3, -0.25) is 14.0 Å². The molecule has 21 heavy (non-hydrogen) atoms. The molecule has 0 aromatic heterocycles. The molecule has 1 aliphatic rings. The standard InChI is InChI=1S/C17H38N3P/c1-10-20(11-2)21(16(4)15(3)17(5,6)7)18(8)13-12-14-19(21)9/h15H,10-14H2,1-9H3. The molecule has 1 saturated heterocycles. The number of hydrogen-bond acceptors (Lipinski definition) is 3. The monoisotopic (exact) mass is 315 g/mol. The Morgan fingerprint density at radius 3 is 1.86 bits per heavy atom. The van der Waals surface area contributed by atoms with E-state index >= 15 is 0 Å². The Bertz CT molecular complexity index is 379. The van der Waals surface area contributed by atoms with E-state index in [9.17, 15) is 0 Å². The van der Waals surface area contributed by atoms with Gasteiger partial charge in [0.15, 0.2) is 0 Å². The molecule has 4 heteroatoms. The quantitative estimate of drug-likeness (QED) is 0.719. The van der Waals surface area contributed by atoms with Gasteiger partial charge in [-0.05, 0) is 44.1 Å². The minimum absolute atomic E-state index is 0.323. The van der Waals surface area contributed by atoms with Crippen molar-refractivity contribution < 1.29 is 0 Å². The first kappa shape index (κ1) is 19.2. The molecule has 126 valence electrons. The van der Waals surface area contributed by atoms with E-state index < -0.39 is 7.34 Å². The van der Waals surface area contributed by atoms with Crippen LogP contribution in [0.4, 0.5) is 0 Å². The van der Waals surface area contributed by atoms with Gasteiger partial charge in [0.05, 0.1) is 7.34 Å². The molecule has 1 unspecified atom stereocenters. The molecule has 0 bridgehead atoms. The van der Waals surface area contributed by atoms with Gasteiger partial charge in [0, 0.05) is 26.2 Å². The third kappa shape index (κ3) is 3.42. The van der Waals surface area contributed by atoms with E-state index in [1.165, 1.54) is 19.5 Å². The zero-order valence-electron chi connectivity index (χ0n) is 15.9. The van der Waals surface area contributed by atoms with Gasteiger partial charge in [-0.1, -0.05) is 41.5 Å². The highest BCUT2D eigenvalue weighted by Crippen LogP contribution is 2.61. The third-order valence-corrected chi connectivity index (χ3v) is 10.4. The van der Waals surface area contributed by atoms with Crippen LogP contribution in [0.5, 0.6) is 0 Å². The largest absolute Gasteiger partial charge is 0.263 e. The van der Waals surface area contributed by atoms with Crippen LogP contribution >= 0.6 is 7.34 Å². The second-order valence-electron chi connectivity index (χ2n) is 7.55. The molecule has 1 heterocycles. The first-order chi connectivity index (χ1) is 9.63. The molecule has 0 aromatic carbocycles. The molecule has 0 saturated carbocycles. The average Bonchev–Trinajstić information content (AvgIpc) is 2.40. The SMILES string of the molecule is CCN(CC)P1(=C(C)C(C)C(C)(C)C)N(C)CCCN1C. The Morgan fingerprint density at radius 2 is 1.52 bits per heavy atom. The summed E-state index contributed by atoms with van der Waals surface area (Å²) in [4.78, 5) is 0. The van der Waals surface area contributed by atoms with Gasteiger partial charge in [-0.15, -0.1) is 0 Å². The summed E-state index contributed by atoms with van der Waals surface area (Å²) in [6.45, 7) is 21.3. The third-order valence-electron chi connectivity index (χ3n) is 5.44. The van der Waals surface area contributed by atoms with Crippen molar-refractivity contribution in [1.82, 2.24) is 14.0 Å². The predicted octanol–water partition coefficient (Wildman–Crippen LogP) is 4.23. The van der Waals surface area contributed by atoms with Crippen LogP contribution in [0.15, 0.2) is 0 Å². The van der Waals surface area contributed by atoms with E-state index in [0.717, 1.165) is 13.1 Å². The summed E-state index contributed by atoms with van der Waals surface area (Å²) in [6.07, 6.45) is 1.28. The van der Waals surface area contributed by atoms with E-state index in [4.69, 9.17) is 0 Å². The average molecular weight is 315 g/mol. The molecule has 0 N–H and O–H groups in total. The van der Waals surface area contributed by atoms with Crippen LogP contribution in [-0.2, 0) is 0 Å². The Hall–Kier alpha value is 0.180. The van der Waals surface area contributed by atoms with Crippen LogP contribution in [0, 0.1) is 11.3 Å². The van der Waals surface area contributed by atoms with Gasteiger partial charge in [-0.25, -0.2) is 0 Å². The Labute approximate surface area is 133 Å². The molecular formula is C17H38N3P. The second-order valence-corrected chi connectivity index (χ2v) is 11.3. The summed E-state index contributed by atoms with van der Waals surface area (Å²) >= 11 is 0. The maximum Gasteiger partial charge on any atom is 0.0802 e. The van der Waals surface area contributed by atoms with Crippen molar-refractivity contribution in [2.75, 3.05) is 40.3 Å². The fraction of sp³-hybridized carbons (Fsp3) is 0.941. The van der Waals surface area contributed by atoms with Crippen LogP contribution in [0.3, 0.4) is 0 Å². The Balaban J connectivity index is 3.57. The van der Waals surface area contributed by atoms with Crippen molar-refractivity contribution in [2.24, 2.45) is 11.3 Å². The Kier molecular flexibility index (Phi) is 6.56. The van der Waals surface area contributed by atoms with E-state index in [2.05, 4.69) is 76.6 Å². The first-order valence-electron chi connectivity index (χ1n) is 8.55. The molecule has 1 rings (SSSR count). The second kappa shape index (κ2) is 7.17. The number of nitrogens with zero attached hydrogens (tertiary/aromatic N) is 3. The van der Waals surface area contributed by atoms with Crippen molar-refractivity contribution in [3.8, 4) is 0 Å². The lowest BCUT2D eigenvalue weighted by Gasteiger charge is -2.54. The Morgan fingerprint density at radius 1 is 1.10 bits per heavy atom. The minimum Gasteiger partial charge on any atom is -0.263 e. The van der Waals surface area contributed by atoms with Crippen LogP contribution in [-0.4, -0.2) is 59.6 Å². The summed E-state index contributed by atoms with van der Waals surface area (Å²) in [5.74, 6) is 0.620. The number of rotatable bonds is 4. The van der Waals surface area contributed by atoms with Crippen LogP contribution in [0.25, 0.3) is 0 Å². The van der Waals surface area contributed by atoms with Gasteiger partial charge in [0.1, 0.15) is 0 Å². The maximum absolute atomic E-state index is 2.74. The van der Waals surface area contributed by atoms with Crippen molar-refractivity contribution in [2.45, 2.75) is 54.9 Å². The molecule has 0 aromatic rings. The van der Waals surface area contributed by atoms with Crippen molar-refractivity contribution in [3.63, 3.8) is 0 Å². The van der Waals surface area contributed by atoms with Crippen LogP contribution < -0.4 is 0 Å². The zero-order valence-corrected chi connectivity index (χ0v) is 16.8. The smallest absolute Gasteiger partial charge is 0.0802 e. The zero-order chi connectivity index (χ0) is 16.4. The molecular weight excluding hydrogens is 277 g/mol. The number of hydrogen-bond donors (Lipinski definition) is 0. The van der Waals surface area contributed by atoms with E-state index in [-0.39, 0.29) is 0 Å². The lowest BCUT2D eigenvalue weighted by atomic mass is 9.80. The maximum atomic E-state index is 2.74. The molecule has 0 radical (unpaired) electrons. The predicted molar refractivity (Wildman–Crippen MR) is 99.0 cm³/mol. The molecule has 0 aliphatic carbocycles.